The number of thioether (sulfide) groups is 1. The molecule has 0 bridgehead atoms. The van der Waals surface area contributed by atoms with Crippen LogP contribution in [0.15, 0.2) is 47.9 Å². The van der Waals surface area contributed by atoms with E-state index in [1.54, 1.807) is 18.9 Å². The highest BCUT2D eigenvalue weighted by atomic mass is 35.5. The lowest BCUT2D eigenvalue weighted by Crippen LogP contribution is -2.31. The molecule has 0 fully saturated rings. The third-order valence-electron chi connectivity index (χ3n) is 4.84. The van der Waals surface area contributed by atoms with Crippen LogP contribution in [0.3, 0.4) is 0 Å². The Morgan fingerprint density at radius 3 is 2.82 bits per heavy atom. The number of methoxy groups -OCH3 is 1. The molecule has 28 heavy (non-hydrogen) atoms. The van der Waals surface area contributed by atoms with Crippen molar-refractivity contribution in [3.8, 4) is 17.0 Å². The van der Waals surface area contributed by atoms with Gasteiger partial charge in [-0.1, -0.05) is 29.4 Å². The van der Waals surface area contributed by atoms with Crippen LogP contribution in [0.1, 0.15) is 16.8 Å². The topological polar surface area (TPSA) is 51.1 Å². The number of nitrogens with zero attached hydrogens (tertiary/aromatic N) is 4. The van der Waals surface area contributed by atoms with Gasteiger partial charge in [-0.05, 0) is 36.1 Å². The van der Waals surface area contributed by atoms with Gasteiger partial charge in [-0.2, -0.15) is 0 Å². The van der Waals surface area contributed by atoms with Gasteiger partial charge in [0.1, 0.15) is 5.75 Å². The number of benzene rings is 1. The molecule has 0 spiro atoms. The molecule has 0 unspecified atom stereocenters. The summed E-state index contributed by atoms with van der Waals surface area (Å²) in [6, 6.07) is 9.70. The number of halogens is 1. The fraction of sp³-hybridized carbons (Fsp3) is 0.286. The largest absolute Gasteiger partial charge is 0.496 e. The number of pyridine rings is 1. The second kappa shape index (κ2) is 8.47. The van der Waals surface area contributed by atoms with E-state index in [4.69, 9.17) is 16.3 Å². The minimum atomic E-state index is 0.667. The fourth-order valence-electron chi connectivity index (χ4n) is 3.41. The van der Waals surface area contributed by atoms with Crippen molar-refractivity contribution < 1.29 is 4.74 Å². The van der Waals surface area contributed by atoms with Gasteiger partial charge in [0, 0.05) is 54.6 Å². The van der Waals surface area contributed by atoms with Gasteiger partial charge in [0.15, 0.2) is 5.16 Å². The first kappa shape index (κ1) is 19.2. The molecule has 0 saturated heterocycles. The number of hydrogen-bond donors (Lipinski definition) is 0. The maximum absolute atomic E-state index is 6.14. The van der Waals surface area contributed by atoms with Gasteiger partial charge in [0.25, 0.3) is 0 Å². The standard InChI is InChI=1S/C21H21ClN4OS/c1-27-20-6-4-16(22)9-17(20)19-5-3-14(10-23-19)12-26-8-7-18-15(13-26)11-24-21(25-18)28-2/h3-6,9-11H,7-8,12-13H2,1-2H3. The Balaban J connectivity index is 1.47. The van der Waals surface area contributed by atoms with E-state index in [1.165, 1.54) is 16.8 Å². The van der Waals surface area contributed by atoms with Crippen molar-refractivity contribution in [1.82, 2.24) is 19.9 Å². The fourth-order valence-corrected chi connectivity index (χ4v) is 3.94. The number of rotatable bonds is 5. The first-order valence-electron chi connectivity index (χ1n) is 9.06. The smallest absolute Gasteiger partial charge is 0.187 e. The molecule has 3 aromatic rings. The Hall–Kier alpha value is -2.15. The average molecular weight is 413 g/mol. The second-order valence-electron chi connectivity index (χ2n) is 6.69. The van der Waals surface area contributed by atoms with Crippen LogP contribution < -0.4 is 4.74 Å². The molecule has 7 heteroatoms. The number of fused-ring (bicyclic) bond motifs is 1. The zero-order valence-electron chi connectivity index (χ0n) is 15.9. The van der Waals surface area contributed by atoms with Gasteiger partial charge in [-0.15, -0.1) is 0 Å². The summed E-state index contributed by atoms with van der Waals surface area (Å²) in [6.07, 6.45) is 6.86. The summed E-state index contributed by atoms with van der Waals surface area (Å²) < 4.78 is 5.44. The molecule has 2 aromatic heterocycles. The Bertz CT molecular complexity index is 981. The lowest BCUT2D eigenvalue weighted by molar-refractivity contribution is 0.242. The summed E-state index contributed by atoms with van der Waals surface area (Å²) in [5.74, 6) is 0.766. The van der Waals surface area contributed by atoms with E-state index in [9.17, 15) is 0 Å². The molecule has 3 heterocycles. The van der Waals surface area contributed by atoms with Crippen LogP contribution >= 0.6 is 23.4 Å². The van der Waals surface area contributed by atoms with E-state index in [0.29, 0.717) is 5.02 Å². The Morgan fingerprint density at radius 2 is 2.07 bits per heavy atom. The van der Waals surface area contributed by atoms with Gasteiger partial charge in [-0.3, -0.25) is 9.88 Å². The second-order valence-corrected chi connectivity index (χ2v) is 7.90. The first-order chi connectivity index (χ1) is 13.7. The molecule has 5 nitrogen and oxygen atoms in total. The molecule has 0 N–H and O–H groups in total. The predicted molar refractivity (Wildman–Crippen MR) is 113 cm³/mol. The number of ether oxygens (including phenoxy) is 1. The summed E-state index contributed by atoms with van der Waals surface area (Å²) in [5.41, 5.74) is 5.32. The number of hydrogen-bond acceptors (Lipinski definition) is 6. The van der Waals surface area contributed by atoms with Crippen LogP contribution in [0.4, 0.5) is 0 Å². The third kappa shape index (κ3) is 4.14. The van der Waals surface area contributed by atoms with Crippen LogP contribution in [0.25, 0.3) is 11.3 Å². The Morgan fingerprint density at radius 1 is 1.18 bits per heavy atom. The van der Waals surface area contributed by atoms with E-state index in [1.807, 2.05) is 42.9 Å². The van der Waals surface area contributed by atoms with Gasteiger partial charge in [-0.25, -0.2) is 9.97 Å². The highest BCUT2D eigenvalue weighted by molar-refractivity contribution is 7.98. The van der Waals surface area contributed by atoms with Crippen molar-refractivity contribution in [2.24, 2.45) is 0 Å². The SMILES string of the molecule is COc1ccc(Cl)cc1-c1ccc(CN2CCc3nc(SC)ncc3C2)cn1. The van der Waals surface area contributed by atoms with E-state index < -0.39 is 0 Å². The molecular formula is C21H21ClN4OS. The zero-order chi connectivity index (χ0) is 19.5. The Kier molecular flexibility index (Phi) is 5.80. The highest BCUT2D eigenvalue weighted by Crippen LogP contribution is 2.31. The molecule has 0 amide bonds. The third-order valence-corrected chi connectivity index (χ3v) is 5.64. The molecule has 0 radical (unpaired) electrons. The molecule has 1 aromatic carbocycles. The van der Waals surface area contributed by atoms with Crippen LogP contribution in [-0.2, 0) is 19.5 Å². The molecule has 4 rings (SSSR count). The van der Waals surface area contributed by atoms with E-state index >= 15 is 0 Å². The van der Waals surface area contributed by atoms with E-state index in [2.05, 4.69) is 25.9 Å². The summed E-state index contributed by atoms with van der Waals surface area (Å²) in [4.78, 5) is 16.1. The summed E-state index contributed by atoms with van der Waals surface area (Å²) in [6.45, 7) is 2.71. The molecule has 0 aliphatic carbocycles. The van der Waals surface area contributed by atoms with Gasteiger partial charge in [0.2, 0.25) is 0 Å². The van der Waals surface area contributed by atoms with Gasteiger partial charge in [0.05, 0.1) is 18.5 Å². The molecule has 144 valence electrons. The van der Waals surface area contributed by atoms with Crippen LogP contribution in [0.2, 0.25) is 5.02 Å². The highest BCUT2D eigenvalue weighted by Gasteiger charge is 2.18. The molecular weight excluding hydrogens is 392 g/mol. The average Bonchev–Trinajstić information content (AvgIpc) is 2.74. The van der Waals surface area contributed by atoms with Crippen molar-refractivity contribution in [1.29, 1.82) is 0 Å². The van der Waals surface area contributed by atoms with Crippen molar-refractivity contribution >= 4 is 23.4 Å². The Labute approximate surface area is 174 Å². The quantitative estimate of drug-likeness (QED) is 0.455. The lowest BCUT2D eigenvalue weighted by Gasteiger charge is -2.27. The summed E-state index contributed by atoms with van der Waals surface area (Å²) >= 11 is 7.73. The molecule has 1 aliphatic rings. The minimum absolute atomic E-state index is 0.667. The van der Waals surface area contributed by atoms with Crippen molar-refractivity contribution in [2.75, 3.05) is 19.9 Å². The first-order valence-corrected chi connectivity index (χ1v) is 10.7. The molecule has 1 aliphatic heterocycles. The van der Waals surface area contributed by atoms with Crippen LogP contribution in [0.5, 0.6) is 5.75 Å². The maximum atomic E-state index is 6.14. The minimum Gasteiger partial charge on any atom is -0.496 e. The zero-order valence-corrected chi connectivity index (χ0v) is 17.4. The van der Waals surface area contributed by atoms with Crippen molar-refractivity contribution in [3.05, 3.63) is 64.6 Å². The van der Waals surface area contributed by atoms with E-state index in [0.717, 1.165) is 48.2 Å². The van der Waals surface area contributed by atoms with E-state index in [-0.39, 0.29) is 0 Å². The van der Waals surface area contributed by atoms with Gasteiger partial charge >= 0.3 is 0 Å². The van der Waals surface area contributed by atoms with Crippen LogP contribution in [0, 0.1) is 0 Å². The normalized spacial score (nSPS) is 14.0. The predicted octanol–water partition coefficient (Wildman–Crippen LogP) is 4.48. The van der Waals surface area contributed by atoms with Crippen molar-refractivity contribution in [3.63, 3.8) is 0 Å². The van der Waals surface area contributed by atoms with Crippen LogP contribution in [-0.4, -0.2) is 39.8 Å². The number of aromatic nitrogens is 3. The van der Waals surface area contributed by atoms with Crippen molar-refractivity contribution in [2.45, 2.75) is 24.7 Å². The maximum Gasteiger partial charge on any atom is 0.187 e. The summed E-state index contributed by atoms with van der Waals surface area (Å²) in [5, 5.41) is 1.52. The van der Waals surface area contributed by atoms with Gasteiger partial charge < -0.3 is 4.74 Å². The molecule has 0 saturated carbocycles. The summed E-state index contributed by atoms with van der Waals surface area (Å²) in [7, 11) is 1.65. The monoisotopic (exact) mass is 412 g/mol. The lowest BCUT2D eigenvalue weighted by atomic mass is 10.1. The molecule has 0 atom stereocenters.